The fraction of sp³-hybridized carbons (Fsp3) is 0.389. The number of nitrogens with zero attached hydrogens (tertiary/aromatic N) is 3. The Morgan fingerprint density at radius 1 is 1.28 bits per heavy atom. The molecule has 1 aromatic carbocycles. The van der Waals surface area contributed by atoms with E-state index < -0.39 is 11.8 Å². The van der Waals surface area contributed by atoms with Crippen LogP contribution >= 0.6 is 11.6 Å². The van der Waals surface area contributed by atoms with Crippen LogP contribution in [-0.2, 0) is 11.8 Å². The van der Waals surface area contributed by atoms with Crippen molar-refractivity contribution in [2.24, 2.45) is 0 Å². The van der Waals surface area contributed by atoms with Crippen molar-refractivity contribution in [3.63, 3.8) is 0 Å². The molecular formula is C18H21ClN4O2. The number of hydrogen-bond acceptors (Lipinski definition) is 4. The van der Waals surface area contributed by atoms with Gasteiger partial charge in [0.15, 0.2) is 16.7 Å². The van der Waals surface area contributed by atoms with Crippen LogP contribution in [0.3, 0.4) is 0 Å². The summed E-state index contributed by atoms with van der Waals surface area (Å²) < 4.78 is 0. The van der Waals surface area contributed by atoms with Gasteiger partial charge in [-0.3, -0.25) is 0 Å². The highest BCUT2D eigenvalue weighted by Gasteiger charge is 2.46. The van der Waals surface area contributed by atoms with Crippen molar-refractivity contribution in [1.82, 2.24) is 15.5 Å². The fourth-order valence-electron chi connectivity index (χ4n) is 2.95. The minimum absolute atomic E-state index is 0.107. The highest BCUT2D eigenvalue weighted by atomic mass is 35.5. The maximum Gasteiger partial charge on any atom is 0.325 e. The number of carbonyl (C=O) groups excluding carboxylic acids is 1. The number of urea groups is 1. The number of aliphatic hydroxyl groups is 1. The molecular weight excluding hydrogens is 340 g/mol. The second-order valence-corrected chi connectivity index (χ2v) is 7.65. The van der Waals surface area contributed by atoms with Crippen molar-refractivity contribution in [3.05, 3.63) is 52.7 Å². The quantitative estimate of drug-likeness (QED) is 0.882. The number of β-amino-alcohol motifs (C(OH)–C–C–N with tert-alkyl or cyclic N) is 1. The summed E-state index contributed by atoms with van der Waals surface area (Å²) in [6.45, 7) is 6.11. The first-order valence-electron chi connectivity index (χ1n) is 8.09. The minimum atomic E-state index is -1.42. The van der Waals surface area contributed by atoms with Gasteiger partial charge in [0.05, 0.1) is 6.54 Å². The molecule has 2 heterocycles. The number of carbonyl (C=O) groups is 1. The lowest BCUT2D eigenvalue weighted by Gasteiger charge is -2.32. The van der Waals surface area contributed by atoms with Crippen LogP contribution < -0.4 is 10.2 Å². The third-order valence-corrected chi connectivity index (χ3v) is 4.52. The van der Waals surface area contributed by atoms with E-state index in [1.165, 1.54) is 4.90 Å². The Balaban J connectivity index is 2.00. The first-order valence-corrected chi connectivity index (χ1v) is 8.46. The number of anilines is 1. The van der Waals surface area contributed by atoms with E-state index in [0.717, 1.165) is 11.1 Å². The van der Waals surface area contributed by atoms with E-state index >= 15 is 0 Å². The topological polar surface area (TPSA) is 78.4 Å². The summed E-state index contributed by atoms with van der Waals surface area (Å²) in [5.74, 6) is 0.280. The highest BCUT2D eigenvalue weighted by molar-refractivity contribution is 6.30. The third-order valence-electron chi connectivity index (χ3n) is 4.25. The Hall–Kier alpha value is -2.18. The number of benzene rings is 1. The zero-order valence-corrected chi connectivity index (χ0v) is 15.2. The van der Waals surface area contributed by atoms with E-state index in [-0.39, 0.29) is 24.2 Å². The SMILES string of the molecule is CC(C)(C)c1cc(N2C(=O)NCC2(O)Cc2ccccc2)nnc1Cl. The van der Waals surface area contributed by atoms with Gasteiger partial charge >= 0.3 is 6.03 Å². The zero-order valence-electron chi connectivity index (χ0n) is 14.5. The second kappa shape index (κ2) is 6.28. The molecule has 1 aliphatic heterocycles. The van der Waals surface area contributed by atoms with Crippen LogP contribution in [0.5, 0.6) is 0 Å². The number of nitrogens with one attached hydrogen (secondary N) is 1. The third kappa shape index (κ3) is 3.45. The maximum absolute atomic E-state index is 12.4. The van der Waals surface area contributed by atoms with Gasteiger partial charge < -0.3 is 10.4 Å². The van der Waals surface area contributed by atoms with E-state index in [4.69, 9.17) is 11.6 Å². The molecule has 0 saturated carbocycles. The molecule has 1 atom stereocenters. The van der Waals surface area contributed by atoms with Crippen molar-refractivity contribution in [2.45, 2.75) is 38.3 Å². The lowest BCUT2D eigenvalue weighted by atomic mass is 9.88. The van der Waals surface area contributed by atoms with Gasteiger partial charge in [0, 0.05) is 12.0 Å². The lowest BCUT2D eigenvalue weighted by molar-refractivity contribution is 0.0652. The van der Waals surface area contributed by atoms with Gasteiger partial charge in [-0.25, -0.2) is 9.69 Å². The molecule has 1 saturated heterocycles. The van der Waals surface area contributed by atoms with Crippen LogP contribution in [0, 0.1) is 0 Å². The van der Waals surface area contributed by atoms with Crippen LogP contribution in [0.15, 0.2) is 36.4 Å². The molecule has 1 aromatic heterocycles. The molecule has 2 amide bonds. The molecule has 0 spiro atoms. The van der Waals surface area contributed by atoms with E-state index in [1.54, 1.807) is 6.07 Å². The molecule has 1 aliphatic rings. The number of rotatable bonds is 3. The Bertz CT molecular complexity index is 791. The molecule has 6 nitrogen and oxygen atoms in total. The average molecular weight is 361 g/mol. The summed E-state index contributed by atoms with van der Waals surface area (Å²) >= 11 is 6.17. The smallest absolute Gasteiger partial charge is 0.325 e. The molecule has 3 rings (SSSR count). The van der Waals surface area contributed by atoms with E-state index in [0.29, 0.717) is 5.15 Å². The van der Waals surface area contributed by atoms with E-state index in [9.17, 15) is 9.90 Å². The Morgan fingerprint density at radius 3 is 2.60 bits per heavy atom. The first kappa shape index (κ1) is 17.6. The van der Waals surface area contributed by atoms with E-state index in [1.807, 2.05) is 51.1 Å². The molecule has 1 unspecified atom stereocenters. The molecule has 25 heavy (non-hydrogen) atoms. The molecule has 0 bridgehead atoms. The normalized spacial score (nSPS) is 20.7. The summed E-state index contributed by atoms with van der Waals surface area (Å²) in [4.78, 5) is 13.6. The van der Waals surface area contributed by atoms with Crippen LogP contribution in [0.2, 0.25) is 5.15 Å². The number of amides is 2. The molecule has 0 aliphatic carbocycles. The van der Waals surface area contributed by atoms with Crippen molar-refractivity contribution in [1.29, 1.82) is 0 Å². The molecule has 132 valence electrons. The van der Waals surface area contributed by atoms with Gasteiger partial charge in [-0.2, -0.15) is 0 Å². The zero-order chi connectivity index (χ0) is 18.2. The van der Waals surface area contributed by atoms with Gasteiger partial charge in [-0.05, 0) is 17.0 Å². The van der Waals surface area contributed by atoms with Crippen LogP contribution in [0.4, 0.5) is 10.6 Å². The van der Waals surface area contributed by atoms with Gasteiger partial charge in [0.1, 0.15) is 0 Å². The molecule has 2 N–H and O–H groups in total. The Morgan fingerprint density at radius 2 is 1.96 bits per heavy atom. The number of aromatic nitrogens is 2. The molecule has 7 heteroatoms. The summed E-state index contributed by atoms with van der Waals surface area (Å²) in [6.07, 6.45) is 0.280. The van der Waals surface area contributed by atoms with Gasteiger partial charge in [0.2, 0.25) is 0 Å². The van der Waals surface area contributed by atoms with Crippen molar-refractivity contribution in [3.8, 4) is 0 Å². The van der Waals surface area contributed by atoms with Crippen LogP contribution in [0.25, 0.3) is 0 Å². The van der Waals surface area contributed by atoms with Crippen molar-refractivity contribution in [2.75, 3.05) is 11.4 Å². The molecule has 1 fully saturated rings. The summed E-state index contributed by atoms with van der Waals surface area (Å²) in [7, 11) is 0. The molecule has 0 radical (unpaired) electrons. The minimum Gasteiger partial charge on any atom is -0.368 e. The maximum atomic E-state index is 12.4. The van der Waals surface area contributed by atoms with Crippen molar-refractivity contribution >= 4 is 23.4 Å². The highest BCUT2D eigenvalue weighted by Crippen LogP contribution is 2.33. The van der Waals surface area contributed by atoms with Gasteiger partial charge in [-0.1, -0.05) is 62.7 Å². The monoisotopic (exact) mass is 360 g/mol. The predicted molar refractivity (Wildman–Crippen MR) is 96.7 cm³/mol. The van der Waals surface area contributed by atoms with Gasteiger partial charge in [-0.15, -0.1) is 10.2 Å². The largest absolute Gasteiger partial charge is 0.368 e. The summed E-state index contributed by atoms with van der Waals surface area (Å²) in [6, 6.07) is 10.8. The standard InChI is InChI=1S/C18H21ClN4O2/c1-17(2,3)13-9-14(21-22-15(13)19)23-16(24)20-11-18(23,25)10-12-7-5-4-6-8-12/h4-9,25H,10-11H2,1-3H3,(H,20,24). The van der Waals surface area contributed by atoms with E-state index in [2.05, 4.69) is 15.5 Å². The van der Waals surface area contributed by atoms with Crippen LogP contribution in [0.1, 0.15) is 31.9 Å². The Kier molecular flexibility index (Phi) is 4.43. The van der Waals surface area contributed by atoms with Crippen molar-refractivity contribution < 1.29 is 9.90 Å². The lowest BCUT2D eigenvalue weighted by Crippen LogP contribution is -2.49. The fourth-order valence-corrected chi connectivity index (χ4v) is 3.32. The Labute approximate surface area is 151 Å². The molecule has 2 aromatic rings. The number of halogens is 1. The second-order valence-electron chi connectivity index (χ2n) is 7.30. The average Bonchev–Trinajstić information content (AvgIpc) is 2.83. The summed E-state index contributed by atoms with van der Waals surface area (Å²) in [5, 5.41) is 22.1. The number of hydrogen-bond donors (Lipinski definition) is 2. The summed E-state index contributed by atoms with van der Waals surface area (Å²) in [5.41, 5.74) is -0.00332. The van der Waals surface area contributed by atoms with Crippen LogP contribution in [-0.4, -0.2) is 33.6 Å². The predicted octanol–water partition coefficient (Wildman–Crippen LogP) is 2.89. The first-order chi connectivity index (χ1) is 11.7. The van der Waals surface area contributed by atoms with Gasteiger partial charge in [0.25, 0.3) is 0 Å².